The lowest BCUT2D eigenvalue weighted by molar-refractivity contribution is -0.133. The number of benzene rings is 2. The first-order valence-corrected chi connectivity index (χ1v) is 9.05. The van der Waals surface area contributed by atoms with Crippen LogP contribution in [0.4, 0.5) is 5.69 Å². The number of hydrogen-bond donors (Lipinski definition) is 1. The van der Waals surface area contributed by atoms with Crippen LogP contribution in [0.1, 0.15) is 18.4 Å². The molecular weight excluding hydrogens is 356 g/mol. The second-order valence-corrected chi connectivity index (χ2v) is 6.56. The van der Waals surface area contributed by atoms with Crippen LogP contribution in [0.5, 0.6) is 0 Å². The number of anilines is 1. The van der Waals surface area contributed by atoms with Crippen LogP contribution in [0, 0.1) is 0 Å². The van der Waals surface area contributed by atoms with E-state index in [4.69, 9.17) is 0 Å². The molecule has 3 rings (SSSR count). The number of carbonyl (C=O) groups excluding carboxylic acids is 3. The first kappa shape index (κ1) is 19.3. The largest absolute Gasteiger partial charge is 0.331 e. The van der Waals surface area contributed by atoms with Crippen molar-refractivity contribution < 1.29 is 14.4 Å². The summed E-state index contributed by atoms with van der Waals surface area (Å²) in [4.78, 5) is 38.3. The van der Waals surface area contributed by atoms with E-state index in [0.29, 0.717) is 12.2 Å². The van der Waals surface area contributed by atoms with Crippen molar-refractivity contribution in [3.63, 3.8) is 0 Å². The summed E-state index contributed by atoms with van der Waals surface area (Å²) in [5, 5.41) is 8.31. The molecule has 1 aliphatic rings. The Balaban J connectivity index is 1.62. The van der Waals surface area contributed by atoms with Crippen LogP contribution in [-0.2, 0) is 20.9 Å². The number of nitrogens with zero attached hydrogens (tertiary/aromatic N) is 3. The fraction of sp³-hybridized carbons (Fsp3) is 0.238. The van der Waals surface area contributed by atoms with Gasteiger partial charge >= 0.3 is 0 Å². The molecule has 0 fully saturated rings. The van der Waals surface area contributed by atoms with E-state index in [-0.39, 0.29) is 42.8 Å². The molecule has 0 saturated carbocycles. The number of amides is 3. The quantitative estimate of drug-likeness (QED) is 0.837. The average Bonchev–Trinajstić information content (AvgIpc) is 2.70. The van der Waals surface area contributed by atoms with Gasteiger partial charge < -0.3 is 10.2 Å². The predicted octanol–water partition coefficient (Wildman–Crippen LogP) is 2.26. The van der Waals surface area contributed by atoms with Gasteiger partial charge in [-0.2, -0.15) is 5.10 Å². The molecule has 0 bridgehead atoms. The monoisotopic (exact) mass is 378 g/mol. The number of hydrazone groups is 1. The topological polar surface area (TPSA) is 82.1 Å². The third-order valence-electron chi connectivity index (χ3n) is 4.31. The lowest BCUT2D eigenvalue weighted by atomic mass is 10.1. The number of rotatable bonds is 6. The third-order valence-corrected chi connectivity index (χ3v) is 4.31. The van der Waals surface area contributed by atoms with E-state index in [1.165, 1.54) is 9.91 Å². The molecule has 2 aromatic carbocycles. The van der Waals surface area contributed by atoms with Gasteiger partial charge in [0, 0.05) is 25.6 Å². The van der Waals surface area contributed by atoms with Crippen molar-refractivity contribution in [1.82, 2.24) is 9.91 Å². The lowest BCUT2D eigenvalue weighted by Gasteiger charge is -2.25. The van der Waals surface area contributed by atoms with Gasteiger partial charge in [0.1, 0.15) is 5.71 Å². The van der Waals surface area contributed by atoms with Gasteiger partial charge in [-0.05, 0) is 17.7 Å². The van der Waals surface area contributed by atoms with Crippen molar-refractivity contribution in [3.05, 3.63) is 66.2 Å². The van der Waals surface area contributed by atoms with Crippen molar-refractivity contribution in [2.45, 2.75) is 19.4 Å². The summed E-state index contributed by atoms with van der Waals surface area (Å²) in [7, 11) is 1.55. The Hall–Kier alpha value is -3.48. The molecule has 1 aliphatic heterocycles. The third kappa shape index (κ3) is 5.03. The summed E-state index contributed by atoms with van der Waals surface area (Å²) in [5.41, 5.74) is 1.89. The van der Waals surface area contributed by atoms with Crippen LogP contribution in [0.2, 0.25) is 0 Å². The van der Waals surface area contributed by atoms with Gasteiger partial charge in [-0.25, -0.2) is 5.01 Å². The van der Waals surface area contributed by atoms with E-state index in [0.717, 1.165) is 5.56 Å². The van der Waals surface area contributed by atoms with Crippen molar-refractivity contribution in [3.8, 4) is 0 Å². The molecule has 28 heavy (non-hydrogen) atoms. The van der Waals surface area contributed by atoms with E-state index < -0.39 is 0 Å². The van der Waals surface area contributed by atoms with E-state index >= 15 is 0 Å². The molecule has 7 heteroatoms. The maximum atomic E-state index is 12.7. The van der Waals surface area contributed by atoms with Crippen molar-refractivity contribution in [2.24, 2.45) is 5.10 Å². The minimum absolute atomic E-state index is 0.0978. The van der Waals surface area contributed by atoms with Crippen LogP contribution in [0.25, 0.3) is 0 Å². The second-order valence-electron chi connectivity index (χ2n) is 6.56. The highest BCUT2D eigenvalue weighted by Gasteiger charge is 2.27. The molecule has 0 aliphatic carbocycles. The Kier molecular flexibility index (Phi) is 6.16. The van der Waals surface area contributed by atoms with Crippen LogP contribution in [-0.4, -0.2) is 46.9 Å². The molecule has 0 aromatic heterocycles. The van der Waals surface area contributed by atoms with E-state index in [9.17, 15) is 14.4 Å². The summed E-state index contributed by atoms with van der Waals surface area (Å²) in [6.07, 6.45) is 0.495. The molecular formula is C21H22N4O3. The van der Waals surface area contributed by atoms with E-state index in [1.54, 1.807) is 19.2 Å². The van der Waals surface area contributed by atoms with Crippen LogP contribution in [0.15, 0.2) is 65.8 Å². The zero-order valence-electron chi connectivity index (χ0n) is 15.7. The number of nitrogens with one attached hydrogen (secondary N) is 1. The fourth-order valence-corrected chi connectivity index (χ4v) is 2.86. The molecule has 3 amide bonds. The molecule has 0 spiro atoms. The Morgan fingerprint density at radius 1 is 1.04 bits per heavy atom. The molecule has 0 radical (unpaired) electrons. The minimum atomic E-state index is -0.353. The first-order chi connectivity index (χ1) is 13.5. The standard InChI is InChI=1S/C21H22N4O3/c1-24(15-19(26)22-17-10-6-3-7-11-17)21(28)18-12-13-20(27)25(23-18)14-16-8-4-2-5-9-16/h2-11H,12-15H2,1H3,(H,22,26). The lowest BCUT2D eigenvalue weighted by Crippen LogP contribution is -2.42. The summed E-state index contributed by atoms with van der Waals surface area (Å²) in [6, 6.07) is 18.5. The molecule has 0 saturated heterocycles. The van der Waals surface area contributed by atoms with Gasteiger partial charge in [-0.15, -0.1) is 0 Å². The van der Waals surface area contributed by atoms with Gasteiger partial charge in [0.05, 0.1) is 13.1 Å². The molecule has 2 aromatic rings. The first-order valence-electron chi connectivity index (χ1n) is 9.05. The van der Waals surface area contributed by atoms with Crippen LogP contribution < -0.4 is 5.32 Å². The highest BCUT2D eigenvalue weighted by atomic mass is 16.2. The van der Waals surface area contributed by atoms with Gasteiger partial charge in [0.15, 0.2) is 0 Å². The fourth-order valence-electron chi connectivity index (χ4n) is 2.86. The number of carbonyl (C=O) groups is 3. The number of hydrogen-bond acceptors (Lipinski definition) is 4. The summed E-state index contributed by atoms with van der Waals surface area (Å²) >= 11 is 0. The summed E-state index contributed by atoms with van der Waals surface area (Å²) in [5.74, 6) is -0.769. The van der Waals surface area contributed by atoms with Crippen LogP contribution in [0.3, 0.4) is 0 Å². The smallest absolute Gasteiger partial charge is 0.270 e. The zero-order valence-corrected chi connectivity index (χ0v) is 15.7. The average molecular weight is 378 g/mol. The van der Waals surface area contributed by atoms with Crippen molar-refractivity contribution in [1.29, 1.82) is 0 Å². The van der Waals surface area contributed by atoms with Gasteiger partial charge in [0.2, 0.25) is 11.8 Å². The summed E-state index contributed by atoms with van der Waals surface area (Å²) < 4.78 is 0. The van der Waals surface area contributed by atoms with Gasteiger partial charge in [0.25, 0.3) is 5.91 Å². The maximum absolute atomic E-state index is 12.7. The molecule has 1 heterocycles. The number of para-hydroxylation sites is 1. The zero-order chi connectivity index (χ0) is 19.9. The van der Waals surface area contributed by atoms with E-state index in [1.807, 2.05) is 48.5 Å². The van der Waals surface area contributed by atoms with Gasteiger partial charge in [-0.1, -0.05) is 48.5 Å². The van der Waals surface area contributed by atoms with Crippen molar-refractivity contribution in [2.75, 3.05) is 18.9 Å². The molecule has 144 valence electrons. The highest BCUT2D eigenvalue weighted by Crippen LogP contribution is 2.14. The normalized spacial score (nSPS) is 13.7. The molecule has 7 nitrogen and oxygen atoms in total. The summed E-state index contributed by atoms with van der Waals surface area (Å²) in [6.45, 7) is 0.216. The van der Waals surface area contributed by atoms with Crippen molar-refractivity contribution >= 4 is 29.1 Å². The predicted molar refractivity (Wildman–Crippen MR) is 106 cm³/mol. The Bertz CT molecular complexity index is 881. The highest BCUT2D eigenvalue weighted by molar-refractivity contribution is 6.39. The number of likely N-dealkylation sites (N-methyl/N-ethyl adjacent to an activating group) is 1. The SMILES string of the molecule is CN(CC(=O)Nc1ccccc1)C(=O)C1=NN(Cc2ccccc2)C(=O)CC1. The van der Waals surface area contributed by atoms with E-state index in [2.05, 4.69) is 10.4 Å². The Morgan fingerprint density at radius 2 is 1.68 bits per heavy atom. The maximum Gasteiger partial charge on any atom is 0.270 e. The minimum Gasteiger partial charge on any atom is -0.331 e. The van der Waals surface area contributed by atoms with Gasteiger partial charge in [-0.3, -0.25) is 14.4 Å². The second kappa shape index (κ2) is 8.94. The molecule has 1 N–H and O–H groups in total. The Morgan fingerprint density at radius 3 is 2.36 bits per heavy atom. The Labute approximate surface area is 163 Å². The van der Waals surface area contributed by atoms with Crippen LogP contribution >= 0.6 is 0 Å². The molecule has 0 atom stereocenters. The molecule has 0 unspecified atom stereocenters.